The van der Waals surface area contributed by atoms with Crippen LogP contribution >= 0.6 is 0 Å². The fourth-order valence-corrected chi connectivity index (χ4v) is 8.79. The Morgan fingerprint density at radius 1 is 0.306 bits per heavy atom. The number of H-pyrrole nitrogens is 4. The summed E-state index contributed by atoms with van der Waals surface area (Å²) in [5.41, 5.74) is 23.7. The zero-order chi connectivity index (χ0) is 42.2. The lowest BCUT2D eigenvalue weighted by molar-refractivity contribution is 1.10. The minimum atomic E-state index is 0.844. The molecular formula is C54H46N8. The van der Waals surface area contributed by atoms with Gasteiger partial charge in [-0.05, 0) is 49.9 Å². The van der Waals surface area contributed by atoms with E-state index in [2.05, 4.69) is 187 Å². The van der Waals surface area contributed by atoms with Crippen molar-refractivity contribution >= 4 is 0 Å². The average Bonchev–Trinajstić information content (AvgIpc) is 4.15. The van der Waals surface area contributed by atoms with E-state index in [4.69, 9.17) is 15.3 Å². The first kappa shape index (κ1) is 38.4. The zero-order valence-electron chi connectivity index (χ0n) is 35.2. The highest BCUT2D eigenvalue weighted by atomic mass is 15.1. The summed E-state index contributed by atoms with van der Waals surface area (Å²) in [6, 6.07) is 55.2. The molecular weight excluding hydrogens is 761 g/mol. The molecule has 0 radical (unpaired) electrons. The van der Waals surface area contributed by atoms with Crippen LogP contribution in [0.4, 0.5) is 0 Å². The summed E-state index contributed by atoms with van der Waals surface area (Å²) >= 11 is 0. The van der Waals surface area contributed by atoms with E-state index < -0.39 is 0 Å². The maximum atomic E-state index is 4.87. The molecule has 0 amide bonds. The molecule has 0 fully saturated rings. The summed E-state index contributed by atoms with van der Waals surface area (Å²) < 4.78 is 0. The molecule has 10 aromatic rings. The van der Waals surface area contributed by atoms with Gasteiger partial charge in [0.1, 0.15) is 0 Å². The van der Waals surface area contributed by atoms with Gasteiger partial charge in [0, 0.05) is 66.8 Å². The van der Waals surface area contributed by atoms with Crippen LogP contribution in [0.5, 0.6) is 0 Å². The number of aromatic nitrogens is 8. The van der Waals surface area contributed by atoms with E-state index in [1.54, 1.807) is 0 Å². The van der Waals surface area contributed by atoms with Crippen molar-refractivity contribution in [2.75, 3.05) is 0 Å². The lowest BCUT2D eigenvalue weighted by Crippen LogP contribution is -1.90. The molecule has 302 valence electrons. The van der Waals surface area contributed by atoms with Gasteiger partial charge in [-0.15, -0.1) is 0 Å². The van der Waals surface area contributed by atoms with Gasteiger partial charge in [-0.1, -0.05) is 159 Å². The van der Waals surface area contributed by atoms with E-state index >= 15 is 0 Å². The first-order chi connectivity index (χ1) is 30.5. The lowest BCUT2D eigenvalue weighted by atomic mass is 9.95. The van der Waals surface area contributed by atoms with Gasteiger partial charge in [-0.25, -0.2) is 0 Å². The maximum Gasteiger partial charge on any atom is 0.0959 e. The third kappa shape index (κ3) is 6.95. The number of aromatic amines is 4. The van der Waals surface area contributed by atoms with Crippen LogP contribution in [-0.2, 0) is 12.8 Å². The molecule has 4 aromatic heterocycles. The van der Waals surface area contributed by atoms with E-state index in [1.165, 1.54) is 11.1 Å². The summed E-state index contributed by atoms with van der Waals surface area (Å²) in [4.78, 5) is 0. The molecule has 0 bridgehead atoms. The van der Waals surface area contributed by atoms with Crippen LogP contribution < -0.4 is 0 Å². The van der Waals surface area contributed by atoms with Gasteiger partial charge in [0.15, 0.2) is 0 Å². The fourth-order valence-electron chi connectivity index (χ4n) is 8.79. The zero-order valence-corrected chi connectivity index (χ0v) is 35.2. The summed E-state index contributed by atoms with van der Waals surface area (Å²) in [5.74, 6) is 0. The predicted octanol–water partition coefficient (Wildman–Crippen LogP) is 13.3. The molecule has 0 spiro atoms. The molecule has 0 aliphatic carbocycles. The molecule has 10 rings (SSSR count). The van der Waals surface area contributed by atoms with E-state index in [0.717, 1.165) is 125 Å². The number of benzene rings is 6. The van der Waals surface area contributed by atoms with Crippen LogP contribution in [0.2, 0.25) is 0 Å². The molecule has 0 saturated heterocycles. The van der Waals surface area contributed by atoms with E-state index in [1.807, 2.05) is 24.3 Å². The number of hydrogen-bond donors (Lipinski definition) is 4. The van der Waals surface area contributed by atoms with Crippen molar-refractivity contribution < 1.29 is 0 Å². The smallest absolute Gasteiger partial charge is 0.0959 e. The van der Waals surface area contributed by atoms with E-state index in [9.17, 15) is 0 Å². The monoisotopic (exact) mass is 806 g/mol. The normalized spacial score (nSPS) is 11.4. The summed E-state index contributed by atoms with van der Waals surface area (Å²) in [6.45, 7) is 8.63. The Bertz CT molecular complexity index is 3150. The number of hydrogen-bond acceptors (Lipinski definition) is 4. The molecule has 0 aliphatic heterocycles. The highest BCUT2D eigenvalue weighted by molar-refractivity contribution is 5.82. The Balaban J connectivity index is 0.866. The van der Waals surface area contributed by atoms with Gasteiger partial charge >= 0.3 is 0 Å². The molecule has 0 unspecified atom stereocenters. The molecule has 0 atom stereocenters. The van der Waals surface area contributed by atoms with Crippen molar-refractivity contribution in [1.29, 1.82) is 0 Å². The molecule has 6 aromatic carbocycles. The summed E-state index contributed by atoms with van der Waals surface area (Å²) in [6.07, 6.45) is 1.72. The van der Waals surface area contributed by atoms with E-state index in [0.29, 0.717) is 0 Å². The molecule has 8 nitrogen and oxygen atoms in total. The van der Waals surface area contributed by atoms with Gasteiger partial charge in [-0.3, -0.25) is 20.4 Å². The summed E-state index contributed by atoms with van der Waals surface area (Å²) in [5, 5.41) is 32.4. The van der Waals surface area contributed by atoms with Crippen LogP contribution in [0.1, 0.15) is 36.1 Å². The molecule has 4 N–H and O–H groups in total. The van der Waals surface area contributed by atoms with E-state index in [-0.39, 0.29) is 0 Å². The van der Waals surface area contributed by atoms with Crippen molar-refractivity contribution in [3.8, 4) is 101 Å². The molecule has 0 aliphatic rings. The fraction of sp³-hybridized carbons (Fsp3) is 0.111. The Labute approximate surface area is 361 Å². The number of nitrogens with one attached hydrogen (secondary N) is 4. The van der Waals surface area contributed by atoms with Gasteiger partial charge in [0.05, 0.1) is 45.6 Å². The predicted molar refractivity (Wildman–Crippen MR) is 252 cm³/mol. The third-order valence-corrected chi connectivity index (χ3v) is 12.1. The highest BCUT2D eigenvalue weighted by Gasteiger charge is 2.20. The summed E-state index contributed by atoms with van der Waals surface area (Å²) in [7, 11) is 0. The van der Waals surface area contributed by atoms with Gasteiger partial charge in [-0.2, -0.15) is 20.4 Å². The minimum absolute atomic E-state index is 0.844. The van der Waals surface area contributed by atoms with Gasteiger partial charge in [0.25, 0.3) is 0 Å². The Morgan fingerprint density at radius 2 is 0.597 bits per heavy atom. The average molecular weight is 807 g/mol. The SMILES string of the molecule is CCc1c(-c2ccccc2)n[nH]c1-c1cccc(-c2[nH]nc(-c3ccc(-c4ccc(-c5n[nH]c(-c6cccc(-c7[nH]nc(-c8ccccc8)c7C)c6)c5C)cc4)cc3)c2CC)c1. The lowest BCUT2D eigenvalue weighted by Gasteiger charge is -2.08. The quantitative estimate of drug-likeness (QED) is 0.104. The van der Waals surface area contributed by atoms with Crippen molar-refractivity contribution in [2.45, 2.75) is 40.5 Å². The third-order valence-electron chi connectivity index (χ3n) is 12.1. The van der Waals surface area contributed by atoms with Crippen molar-refractivity contribution in [1.82, 2.24) is 40.8 Å². The second-order valence-corrected chi connectivity index (χ2v) is 15.8. The second kappa shape index (κ2) is 16.3. The molecule has 0 saturated carbocycles. The van der Waals surface area contributed by atoms with Crippen molar-refractivity contribution in [3.63, 3.8) is 0 Å². The standard InChI is InChI=1S/C54H46N8/c1-5-45-51(38-17-11-8-12-18-38)59-61-53(45)43-21-14-22-44(32-43)54-46(6-2)52(60-62-54)40-29-25-36(26-30-40)35-23-27-39(28-24-35)48-34(4)50(58-56-48)42-20-13-19-41(31-42)49-33(3)47(55-57-49)37-15-9-7-10-16-37/h7-32H,5-6H2,1-4H3,(H,55,57)(H,56,58)(H,59,61)(H,60,62). The highest BCUT2D eigenvalue weighted by Crippen LogP contribution is 2.38. The Kier molecular flexibility index (Phi) is 10.1. The van der Waals surface area contributed by atoms with Crippen LogP contribution in [0.3, 0.4) is 0 Å². The van der Waals surface area contributed by atoms with Crippen LogP contribution in [-0.4, -0.2) is 40.8 Å². The minimum Gasteiger partial charge on any atom is -0.277 e. The van der Waals surface area contributed by atoms with Gasteiger partial charge < -0.3 is 0 Å². The van der Waals surface area contributed by atoms with Gasteiger partial charge in [0.2, 0.25) is 0 Å². The first-order valence-electron chi connectivity index (χ1n) is 21.3. The maximum absolute atomic E-state index is 4.87. The largest absolute Gasteiger partial charge is 0.277 e. The number of rotatable bonds is 11. The van der Waals surface area contributed by atoms with Crippen molar-refractivity contribution in [3.05, 3.63) is 180 Å². The first-order valence-corrected chi connectivity index (χ1v) is 21.3. The second-order valence-electron chi connectivity index (χ2n) is 15.8. The molecule has 4 heterocycles. The molecule has 8 heteroatoms. The Hall–Kier alpha value is -7.84. The van der Waals surface area contributed by atoms with Crippen LogP contribution in [0, 0.1) is 13.8 Å². The number of nitrogens with zero attached hydrogens (tertiary/aromatic N) is 4. The topological polar surface area (TPSA) is 115 Å². The van der Waals surface area contributed by atoms with Crippen LogP contribution in [0.15, 0.2) is 158 Å². The molecule has 62 heavy (non-hydrogen) atoms. The van der Waals surface area contributed by atoms with Crippen LogP contribution in [0.25, 0.3) is 101 Å². The Morgan fingerprint density at radius 3 is 1.00 bits per heavy atom. The van der Waals surface area contributed by atoms with Crippen molar-refractivity contribution in [2.24, 2.45) is 0 Å².